The van der Waals surface area contributed by atoms with Gasteiger partial charge >= 0.3 is 0 Å². The van der Waals surface area contributed by atoms with Gasteiger partial charge in [0.05, 0.1) is 0 Å². The zero-order valence-corrected chi connectivity index (χ0v) is 6.96. The highest BCUT2D eigenvalue weighted by molar-refractivity contribution is 6.30. The minimum atomic E-state index is -0.901. The van der Waals surface area contributed by atoms with E-state index in [0.29, 0.717) is 10.6 Å². The maximum atomic E-state index is 12.1. The van der Waals surface area contributed by atoms with Gasteiger partial charge < -0.3 is 0 Å². The second-order valence-electron chi connectivity index (χ2n) is 2.33. The summed E-state index contributed by atoms with van der Waals surface area (Å²) in [5, 5.41) is 3.20. The standard InChI is InChI=1S/C8H7ClFNO/c9-7-3-1-6(2-4-7)8(5-10)11-12/h1-4,8H,5H2. The highest BCUT2D eigenvalue weighted by Gasteiger charge is 2.09. The summed E-state index contributed by atoms with van der Waals surface area (Å²) in [5.41, 5.74) is 0.553. The fraction of sp³-hybridized carbons (Fsp3) is 0.250. The fourth-order valence-electron chi connectivity index (χ4n) is 0.863. The number of halogens is 2. The molecule has 0 N–H and O–H groups in total. The highest BCUT2D eigenvalue weighted by atomic mass is 35.5. The van der Waals surface area contributed by atoms with Crippen LogP contribution in [0, 0.1) is 4.91 Å². The maximum absolute atomic E-state index is 12.1. The fourth-order valence-corrected chi connectivity index (χ4v) is 0.989. The second kappa shape index (κ2) is 4.16. The Morgan fingerprint density at radius 1 is 1.42 bits per heavy atom. The first-order chi connectivity index (χ1) is 5.77. The molecule has 0 saturated heterocycles. The Hall–Kier alpha value is -0.960. The van der Waals surface area contributed by atoms with Crippen LogP contribution in [0.3, 0.4) is 0 Å². The van der Waals surface area contributed by atoms with Gasteiger partial charge in [-0.25, -0.2) is 4.39 Å². The van der Waals surface area contributed by atoms with Gasteiger partial charge in [0.1, 0.15) is 12.7 Å². The van der Waals surface area contributed by atoms with Crippen molar-refractivity contribution in [2.24, 2.45) is 5.18 Å². The molecule has 64 valence electrons. The highest BCUT2D eigenvalue weighted by Crippen LogP contribution is 2.19. The Morgan fingerprint density at radius 2 is 2.00 bits per heavy atom. The molecule has 1 rings (SSSR count). The van der Waals surface area contributed by atoms with Crippen molar-refractivity contribution in [3.05, 3.63) is 39.8 Å². The first-order valence-corrected chi connectivity index (χ1v) is 3.79. The van der Waals surface area contributed by atoms with Gasteiger partial charge in [0.2, 0.25) is 0 Å². The Bertz CT molecular complexity index is 262. The number of benzene rings is 1. The van der Waals surface area contributed by atoms with E-state index >= 15 is 0 Å². The largest absolute Gasteiger partial charge is 0.248 e. The third-order valence-electron chi connectivity index (χ3n) is 1.53. The Labute approximate surface area is 74.3 Å². The van der Waals surface area contributed by atoms with Crippen molar-refractivity contribution in [3.63, 3.8) is 0 Å². The lowest BCUT2D eigenvalue weighted by atomic mass is 10.1. The molecule has 4 heteroatoms. The molecule has 1 atom stereocenters. The number of hydrogen-bond acceptors (Lipinski definition) is 2. The topological polar surface area (TPSA) is 29.4 Å². The lowest BCUT2D eigenvalue weighted by Crippen LogP contribution is -1.95. The summed E-state index contributed by atoms with van der Waals surface area (Å²) >= 11 is 5.60. The number of nitrogens with zero attached hydrogens (tertiary/aromatic N) is 1. The van der Waals surface area contributed by atoms with E-state index in [9.17, 15) is 9.30 Å². The SMILES string of the molecule is O=NC(CF)c1ccc(Cl)cc1. The van der Waals surface area contributed by atoms with Crippen molar-refractivity contribution >= 4 is 11.6 Å². The number of alkyl halides is 1. The van der Waals surface area contributed by atoms with Crippen molar-refractivity contribution in [2.75, 3.05) is 6.67 Å². The third-order valence-corrected chi connectivity index (χ3v) is 1.78. The van der Waals surface area contributed by atoms with Gasteiger partial charge in [-0.15, -0.1) is 0 Å². The summed E-state index contributed by atoms with van der Waals surface area (Å²) in [6, 6.07) is 5.49. The maximum Gasteiger partial charge on any atom is 0.145 e. The van der Waals surface area contributed by atoms with Crippen molar-refractivity contribution in [1.82, 2.24) is 0 Å². The first-order valence-electron chi connectivity index (χ1n) is 3.42. The van der Waals surface area contributed by atoms with Crippen molar-refractivity contribution < 1.29 is 4.39 Å². The summed E-state index contributed by atoms with van der Waals surface area (Å²) < 4.78 is 12.1. The molecule has 12 heavy (non-hydrogen) atoms. The van der Waals surface area contributed by atoms with Crippen LogP contribution in [-0.4, -0.2) is 6.67 Å². The Balaban J connectivity index is 2.87. The summed E-state index contributed by atoms with van der Waals surface area (Å²) in [6.45, 7) is -0.773. The number of hydrogen-bond donors (Lipinski definition) is 0. The Kier molecular flexibility index (Phi) is 3.17. The monoisotopic (exact) mass is 187 g/mol. The lowest BCUT2D eigenvalue weighted by molar-refractivity contribution is 0.437. The third kappa shape index (κ3) is 2.01. The van der Waals surface area contributed by atoms with E-state index in [2.05, 4.69) is 5.18 Å². The van der Waals surface area contributed by atoms with Crippen LogP contribution in [0.5, 0.6) is 0 Å². The lowest BCUT2D eigenvalue weighted by Gasteiger charge is -2.03. The van der Waals surface area contributed by atoms with E-state index in [1.807, 2.05) is 0 Å². The van der Waals surface area contributed by atoms with Crippen LogP contribution in [0.1, 0.15) is 11.6 Å². The Morgan fingerprint density at radius 3 is 2.42 bits per heavy atom. The average Bonchev–Trinajstić information content (AvgIpc) is 2.10. The van der Waals surface area contributed by atoms with Crippen molar-refractivity contribution in [3.8, 4) is 0 Å². The van der Waals surface area contributed by atoms with Gasteiger partial charge in [-0.3, -0.25) is 0 Å². The molecular formula is C8H7ClFNO. The van der Waals surface area contributed by atoms with E-state index in [-0.39, 0.29) is 0 Å². The quantitative estimate of drug-likeness (QED) is 0.669. The molecule has 2 nitrogen and oxygen atoms in total. The van der Waals surface area contributed by atoms with Crippen molar-refractivity contribution in [2.45, 2.75) is 6.04 Å². The predicted octanol–water partition coefficient (Wildman–Crippen LogP) is 3.12. The van der Waals surface area contributed by atoms with Crippen LogP contribution in [0.2, 0.25) is 5.02 Å². The summed E-state index contributed by atoms with van der Waals surface area (Å²) in [7, 11) is 0. The van der Waals surface area contributed by atoms with Gasteiger partial charge in [0.15, 0.2) is 0 Å². The first kappa shape index (κ1) is 9.13. The number of nitroso groups, excluding NO2 is 1. The summed E-state index contributed by atoms with van der Waals surface area (Å²) in [5.74, 6) is 0. The molecule has 0 saturated carbocycles. The van der Waals surface area contributed by atoms with Crippen LogP contribution in [0.25, 0.3) is 0 Å². The van der Waals surface area contributed by atoms with Crippen LogP contribution < -0.4 is 0 Å². The molecule has 0 fully saturated rings. The predicted molar refractivity (Wildman–Crippen MR) is 46.0 cm³/mol. The van der Waals surface area contributed by atoms with Gasteiger partial charge in [0.25, 0.3) is 0 Å². The molecule has 1 unspecified atom stereocenters. The minimum absolute atomic E-state index is 0.553. The van der Waals surface area contributed by atoms with Crippen LogP contribution in [-0.2, 0) is 0 Å². The van der Waals surface area contributed by atoms with Crippen LogP contribution >= 0.6 is 11.6 Å². The van der Waals surface area contributed by atoms with Crippen molar-refractivity contribution in [1.29, 1.82) is 0 Å². The molecule has 0 heterocycles. The van der Waals surface area contributed by atoms with Gasteiger partial charge in [-0.2, -0.15) is 4.91 Å². The molecule has 1 aromatic rings. The summed E-state index contributed by atoms with van der Waals surface area (Å²) in [4.78, 5) is 10.1. The van der Waals surface area contributed by atoms with Crippen LogP contribution in [0.15, 0.2) is 29.4 Å². The molecular weight excluding hydrogens is 181 g/mol. The minimum Gasteiger partial charge on any atom is -0.248 e. The van der Waals surface area contributed by atoms with Gasteiger partial charge in [0, 0.05) is 5.02 Å². The van der Waals surface area contributed by atoms with E-state index in [1.165, 1.54) is 0 Å². The summed E-state index contributed by atoms with van der Waals surface area (Å²) in [6.07, 6.45) is 0. The molecule has 0 aromatic heterocycles. The van der Waals surface area contributed by atoms with E-state index in [4.69, 9.17) is 11.6 Å². The van der Waals surface area contributed by atoms with E-state index < -0.39 is 12.7 Å². The van der Waals surface area contributed by atoms with Gasteiger partial charge in [-0.1, -0.05) is 28.9 Å². The normalized spacial score (nSPS) is 12.5. The molecule has 0 amide bonds. The molecule has 0 aliphatic heterocycles. The smallest absolute Gasteiger partial charge is 0.145 e. The molecule has 0 radical (unpaired) electrons. The zero-order chi connectivity index (χ0) is 8.97. The molecule has 0 bridgehead atoms. The molecule has 0 spiro atoms. The molecule has 1 aromatic carbocycles. The van der Waals surface area contributed by atoms with Crippen LogP contribution in [0.4, 0.5) is 4.39 Å². The average molecular weight is 188 g/mol. The van der Waals surface area contributed by atoms with E-state index in [1.54, 1.807) is 24.3 Å². The zero-order valence-electron chi connectivity index (χ0n) is 6.21. The van der Waals surface area contributed by atoms with Gasteiger partial charge in [-0.05, 0) is 17.7 Å². The van der Waals surface area contributed by atoms with E-state index in [0.717, 1.165) is 0 Å². The molecule has 0 aliphatic carbocycles. The number of rotatable bonds is 3. The second-order valence-corrected chi connectivity index (χ2v) is 2.76. The molecule has 0 aliphatic rings.